The van der Waals surface area contributed by atoms with E-state index in [1.807, 2.05) is 49.7 Å². The molecule has 1 aliphatic heterocycles. The van der Waals surface area contributed by atoms with E-state index in [9.17, 15) is 4.79 Å². The lowest BCUT2D eigenvalue weighted by atomic mass is 10.2. The number of nitrogens with zero attached hydrogens (tertiary/aromatic N) is 2. The van der Waals surface area contributed by atoms with Crippen LogP contribution in [0.15, 0.2) is 24.5 Å². The van der Waals surface area contributed by atoms with Crippen molar-refractivity contribution in [3.8, 4) is 0 Å². The second-order valence-corrected chi connectivity index (χ2v) is 7.30. The van der Waals surface area contributed by atoms with E-state index in [4.69, 9.17) is 4.74 Å². The zero-order chi connectivity index (χ0) is 14.6. The largest absolute Gasteiger partial charge is 0.444 e. The number of rotatable bonds is 3. The van der Waals surface area contributed by atoms with E-state index in [0.29, 0.717) is 5.25 Å². The summed E-state index contributed by atoms with van der Waals surface area (Å²) in [5.41, 5.74) is 0.811. The molecule has 0 spiro atoms. The summed E-state index contributed by atoms with van der Waals surface area (Å²) in [6.45, 7) is 7.26. The van der Waals surface area contributed by atoms with Crippen molar-refractivity contribution in [1.82, 2.24) is 9.88 Å². The van der Waals surface area contributed by atoms with Crippen LogP contribution in [0.25, 0.3) is 0 Å². The Balaban J connectivity index is 1.76. The van der Waals surface area contributed by atoms with Gasteiger partial charge in [0.15, 0.2) is 0 Å². The van der Waals surface area contributed by atoms with Crippen LogP contribution in [0.3, 0.4) is 0 Å². The average Bonchev–Trinajstić information content (AvgIpc) is 2.84. The zero-order valence-electron chi connectivity index (χ0n) is 12.3. The SMILES string of the molecule is CC(C)(C)OC(=O)N1CCC(SCc2cccnc2)C1. The molecule has 0 saturated carbocycles. The number of hydrogen-bond donors (Lipinski definition) is 0. The summed E-state index contributed by atoms with van der Waals surface area (Å²) in [5, 5.41) is 0.489. The van der Waals surface area contributed by atoms with Gasteiger partial charge < -0.3 is 9.64 Å². The molecule has 1 aromatic rings. The van der Waals surface area contributed by atoms with Crippen LogP contribution in [-0.2, 0) is 10.5 Å². The summed E-state index contributed by atoms with van der Waals surface area (Å²) in [4.78, 5) is 17.9. The molecule has 1 saturated heterocycles. The molecular formula is C15H22N2O2S. The molecule has 2 rings (SSSR count). The fourth-order valence-electron chi connectivity index (χ4n) is 2.05. The van der Waals surface area contributed by atoms with Gasteiger partial charge in [0.05, 0.1) is 0 Å². The monoisotopic (exact) mass is 294 g/mol. The number of pyridine rings is 1. The van der Waals surface area contributed by atoms with Gasteiger partial charge in [0.25, 0.3) is 0 Å². The summed E-state index contributed by atoms with van der Waals surface area (Å²) in [6.07, 6.45) is 4.52. The van der Waals surface area contributed by atoms with Gasteiger partial charge in [0.1, 0.15) is 5.60 Å². The first-order valence-corrected chi connectivity index (χ1v) is 7.97. The van der Waals surface area contributed by atoms with Crippen LogP contribution >= 0.6 is 11.8 Å². The van der Waals surface area contributed by atoms with Crippen molar-refractivity contribution in [2.45, 2.75) is 43.8 Å². The van der Waals surface area contributed by atoms with Crippen LogP contribution in [-0.4, -0.2) is 39.9 Å². The molecule has 1 unspecified atom stereocenters. The third-order valence-corrected chi connectivity index (χ3v) is 4.36. The summed E-state index contributed by atoms with van der Waals surface area (Å²) in [7, 11) is 0. The average molecular weight is 294 g/mol. The highest BCUT2D eigenvalue weighted by Gasteiger charge is 2.29. The third kappa shape index (κ3) is 4.71. The molecule has 0 aliphatic carbocycles. The number of carbonyl (C=O) groups is 1. The van der Waals surface area contributed by atoms with Gasteiger partial charge in [0, 0.05) is 36.5 Å². The van der Waals surface area contributed by atoms with Gasteiger partial charge >= 0.3 is 6.09 Å². The van der Waals surface area contributed by atoms with Gasteiger partial charge in [-0.2, -0.15) is 11.8 Å². The highest BCUT2D eigenvalue weighted by atomic mass is 32.2. The first-order valence-electron chi connectivity index (χ1n) is 6.92. The fraction of sp³-hybridized carbons (Fsp3) is 0.600. The number of likely N-dealkylation sites (tertiary alicyclic amines) is 1. The Labute approximate surface area is 124 Å². The van der Waals surface area contributed by atoms with E-state index in [2.05, 4.69) is 11.1 Å². The van der Waals surface area contributed by atoms with Crippen molar-refractivity contribution in [2.75, 3.05) is 13.1 Å². The minimum absolute atomic E-state index is 0.193. The van der Waals surface area contributed by atoms with E-state index in [0.717, 1.165) is 25.3 Å². The van der Waals surface area contributed by atoms with Gasteiger partial charge in [-0.15, -0.1) is 0 Å². The van der Waals surface area contributed by atoms with Crippen LogP contribution in [0.5, 0.6) is 0 Å². The van der Waals surface area contributed by atoms with Crippen molar-refractivity contribution in [3.05, 3.63) is 30.1 Å². The number of amides is 1. The smallest absolute Gasteiger partial charge is 0.410 e. The lowest BCUT2D eigenvalue weighted by Gasteiger charge is -2.24. The highest BCUT2D eigenvalue weighted by molar-refractivity contribution is 7.99. The molecule has 1 aromatic heterocycles. The predicted molar refractivity (Wildman–Crippen MR) is 81.7 cm³/mol. The Morgan fingerprint density at radius 1 is 1.55 bits per heavy atom. The second-order valence-electron chi connectivity index (χ2n) is 6.01. The minimum Gasteiger partial charge on any atom is -0.444 e. The quantitative estimate of drug-likeness (QED) is 0.857. The molecule has 20 heavy (non-hydrogen) atoms. The van der Waals surface area contributed by atoms with Crippen LogP contribution in [0.4, 0.5) is 4.79 Å². The van der Waals surface area contributed by atoms with Gasteiger partial charge in [-0.05, 0) is 38.8 Å². The number of thioether (sulfide) groups is 1. The Bertz CT molecular complexity index is 445. The molecule has 1 aliphatic rings. The highest BCUT2D eigenvalue weighted by Crippen LogP contribution is 2.26. The second kappa shape index (κ2) is 6.48. The molecule has 1 fully saturated rings. The first kappa shape index (κ1) is 15.2. The van der Waals surface area contributed by atoms with Gasteiger partial charge in [-0.3, -0.25) is 4.98 Å². The normalized spacial score (nSPS) is 19.1. The standard InChI is InChI=1S/C15H22N2O2S/c1-15(2,3)19-14(18)17-8-6-13(10-17)20-11-12-5-4-7-16-9-12/h4-5,7,9,13H,6,8,10-11H2,1-3H3. The van der Waals surface area contributed by atoms with E-state index in [-0.39, 0.29) is 6.09 Å². The van der Waals surface area contributed by atoms with E-state index in [1.54, 1.807) is 6.20 Å². The van der Waals surface area contributed by atoms with E-state index in [1.165, 1.54) is 5.56 Å². The van der Waals surface area contributed by atoms with Crippen molar-refractivity contribution >= 4 is 17.9 Å². The molecule has 2 heterocycles. The van der Waals surface area contributed by atoms with Crippen LogP contribution in [0, 0.1) is 0 Å². The van der Waals surface area contributed by atoms with Crippen molar-refractivity contribution in [3.63, 3.8) is 0 Å². The minimum atomic E-state index is -0.419. The van der Waals surface area contributed by atoms with E-state index < -0.39 is 5.60 Å². The number of hydrogen-bond acceptors (Lipinski definition) is 4. The summed E-state index contributed by atoms with van der Waals surface area (Å²) in [6, 6.07) is 4.04. The first-order chi connectivity index (χ1) is 9.44. The maximum absolute atomic E-state index is 12.0. The zero-order valence-corrected chi connectivity index (χ0v) is 13.2. The summed E-state index contributed by atoms with van der Waals surface area (Å²) >= 11 is 1.89. The van der Waals surface area contributed by atoms with E-state index >= 15 is 0 Å². The molecule has 0 bridgehead atoms. The third-order valence-electron chi connectivity index (χ3n) is 3.01. The van der Waals surface area contributed by atoms with Crippen LogP contribution in [0.2, 0.25) is 0 Å². The lowest BCUT2D eigenvalue weighted by molar-refractivity contribution is 0.0295. The number of ether oxygens (including phenoxy) is 1. The molecule has 5 heteroatoms. The van der Waals surface area contributed by atoms with Gasteiger partial charge in [-0.25, -0.2) is 4.79 Å². The molecule has 1 atom stereocenters. The molecule has 1 amide bonds. The van der Waals surface area contributed by atoms with Gasteiger partial charge in [0.2, 0.25) is 0 Å². The fourth-order valence-corrected chi connectivity index (χ4v) is 3.21. The molecule has 0 aromatic carbocycles. The Kier molecular flexibility index (Phi) is 4.91. The maximum Gasteiger partial charge on any atom is 0.410 e. The number of aromatic nitrogens is 1. The summed E-state index contributed by atoms with van der Waals surface area (Å²) in [5.74, 6) is 0.945. The van der Waals surface area contributed by atoms with Crippen molar-refractivity contribution < 1.29 is 9.53 Å². The molecule has 0 N–H and O–H groups in total. The Morgan fingerprint density at radius 2 is 2.35 bits per heavy atom. The van der Waals surface area contributed by atoms with Crippen LogP contribution in [0.1, 0.15) is 32.8 Å². The van der Waals surface area contributed by atoms with Crippen molar-refractivity contribution in [2.24, 2.45) is 0 Å². The van der Waals surface area contributed by atoms with Crippen LogP contribution < -0.4 is 0 Å². The van der Waals surface area contributed by atoms with Gasteiger partial charge in [-0.1, -0.05) is 6.07 Å². The summed E-state index contributed by atoms with van der Waals surface area (Å²) < 4.78 is 5.40. The Morgan fingerprint density at radius 3 is 3.00 bits per heavy atom. The molecular weight excluding hydrogens is 272 g/mol. The molecule has 4 nitrogen and oxygen atoms in total. The van der Waals surface area contributed by atoms with Crippen molar-refractivity contribution in [1.29, 1.82) is 0 Å². The topological polar surface area (TPSA) is 42.4 Å². The lowest BCUT2D eigenvalue weighted by Crippen LogP contribution is -2.35. The maximum atomic E-state index is 12.0. The predicted octanol–water partition coefficient (Wildman–Crippen LogP) is 3.32. The number of carbonyl (C=O) groups excluding carboxylic acids is 1. The molecule has 110 valence electrons. The Hall–Kier alpha value is -1.23. The molecule has 0 radical (unpaired) electrons.